The van der Waals surface area contributed by atoms with Crippen molar-refractivity contribution in [2.24, 2.45) is 5.73 Å². The van der Waals surface area contributed by atoms with Crippen molar-refractivity contribution in [1.82, 2.24) is 10.6 Å². The number of unbranched alkanes of at least 4 members (excludes halogenated alkanes) is 1. The minimum absolute atomic E-state index is 0.294. The molecule has 0 bridgehead atoms. The first-order chi connectivity index (χ1) is 13.6. The molecule has 29 heavy (non-hydrogen) atoms. The SMILES string of the molecule is COC(=O)[C@@H](N)CCCCNC(=O)[C@H](Cc1ccccc1)NC(=O)OC(C)(C)C. The number of hydrogen-bond acceptors (Lipinski definition) is 6. The molecule has 0 aliphatic heterocycles. The van der Waals surface area contributed by atoms with Gasteiger partial charge in [0.05, 0.1) is 7.11 Å². The Labute approximate surface area is 172 Å². The molecule has 0 heterocycles. The number of amides is 2. The normalized spacial score (nSPS) is 13.1. The van der Waals surface area contributed by atoms with Gasteiger partial charge in [-0.1, -0.05) is 30.3 Å². The summed E-state index contributed by atoms with van der Waals surface area (Å²) in [6, 6.07) is 8.01. The second-order valence-corrected chi connectivity index (χ2v) is 7.81. The highest BCUT2D eigenvalue weighted by molar-refractivity contribution is 5.86. The monoisotopic (exact) mass is 407 g/mol. The van der Waals surface area contributed by atoms with E-state index in [0.29, 0.717) is 32.2 Å². The Hall–Kier alpha value is -2.61. The third-order valence-electron chi connectivity index (χ3n) is 4.04. The van der Waals surface area contributed by atoms with E-state index in [-0.39, 0.29) is 5.91 Å². The number of ether oxygens (including phenoxy) is 2. The van der Waals surface area contributed by atoms with Gasteiger partial charge in [0.2, 0.25) is 5.91 Å². The first-order valence-corrected chi connectivity index (χ1v) is 9.77. The third kappa shape index (κ3) is 10.5. The maximum absolute atomic E-state index is 12.6. The van der Waals surface area contributed by atoms with E-state index in [1.165, 1.54) is 7.11 Å². The fourth-order valence-corrected chi connectivity index (χ4v) is 2.60. The van der Waals surface area contributed by atoms with Gasteiger partial charge in [0.15, 0.2) is 0 Å². The van der Waals surface area contributed by atoms with E-state index in [1.54, 1.807) is 20.8 Å². The summed E-state index contributed by atoms with van der Waals surface area (Å²) in [4.78, 5) is 36.0. The second kappa shape index (κ2) is 12.1. The molecule has 1 aromatic rings. The van der Waals surface area contributed by atoms with Crippen molar-refractivity contribution in [3.05, 3.63) is 35.9 Å². The highest BCUT2D eigenvalue weighted by Gasteiger charge is 2.24. The van der Waals surface area contributed by atoms with Gasteiger partial charge in [-0.3, -0.25) is 9.59 Å². The lowest BCUT2D eigenvalue weighted by atomic mass is 10.1. The maximum Gasteiger partial charge on any atom is 0.408 e. The van der Waals surface area contributed by atoms with Gasteiger partial charge in [-0.15, -0.1) is 0 Å². The standard InChI is InChI=1S/C21H33N3O5/c1-21(2,3)29-20(27)24-17(14-15-10-6-5-7-11-15)18(25)23-13-9-8-12-16(22)19(26)28-4/h5-7,10-11,16-17H,8-9,12-14,22H2,1-4H3,(H,23,25)(H,24,27)/t16-,17-/m0/s1. The molecule has 0 aromatic heterocycles. The van der Waals surface area contributed by atoms with E-state index in [1.807, 2.05) is 30.3 Å². The predicted molar refractivity (Wildman–Crippen MR) is 110 cm³/mol. The Balaban J connectivity index is 2.56. The van der Waals surface area contributed by atoms with Crippen LogP contribution < -0.4 is 16.4 Å². The molecule has 8 nitrogen and oxygen atoms in total. The van der Waals surface area contributed by atoms with E-state index in [2.05, 4.69) is 15.4 Å². The van der Waals surface area contributed by atoms with Crippen molar-refractivity contribution in [2.45, 2.75) is 64.1 Å². The molecule has 4 N–H and O–H groups in total. The van der Waals surface area contributed by atoms with Gasteiger partial charge < -0.3 is 25.8 Å². The first kappa shape index (κ1) is 24.4. The molecular weight excluding hydrogens is 374 g/mol. The quantitative estimate of drug-likeness (QED) is 0.403. The average molecular weight is 408 g/mol. The van der Waals surface area contributed by atoms with Crippen LogP contribution in [-0.4, -0.2) is 49.3 Å². The van der Waals surface area contributed by atoms with E-state index in [4.69, 9.17) is 10.5 Å². The minimum Gasteiger partial charge on any atom is -0.468 e. The number of carbonyl (C=O) groups excluding carboxylic acids is 3. The predicted octanol–water partition coefficient (Wildman–Crippen LogP) is 1.91. The van der Waals surface area contributed by atoms with Gasteiger partial charge in [-0.2, -0.15) is 0 Å². The lowest BCUT2D eigenvalue weighted by molar-refractivity contribution is -0.142. The van der Waals surface area contributed by atoms with Gasteiger partial charge in [-0.05, 0) is 45.6 Å². The molecule has 0 saturated heterocycles. The summed E-state index contributed by atoms with van der Waals surface area (Å²) in [6.45, 7) is 5.70. The fourth-order valence-electron chi connectivity index (χ4n) is 2.60. The molecule has 0 fully saturated rings. The summed E-state index contributed by atoms with van der Waals surface area (Å²) < 4.78 is 9.85. The van der Waals surface area contributed by atoms with Crippen LogP contribution in [0.3, 0.4) is 0 Å². The van der Waals surface area contributed by atoms with Crippen molar-refractivity contribution < 1.29 is 23.9 Å². The summed E-state index contributed by atoms with van der Waals surface area (Å²) in [7, 11) is 1.30. The minimum atomic E-state index is -0.760. The number of nitrogens with one attached hydrogen (secondary N) is 2. The van der Waals surface area contributed by atoms with Crippen LogP contribution in [0, 0.1) is 0 Å². The average Bonchev–Trinajstić information content (AvgIpc) is 2.65. The lowest BCUT2D eigenvalue weighted by Gasteiger charge is -2.23. The Morgan fingerprint density at radius 2 is 1.76 bits per heavy atom. The number of alkyl carbamates (subject to hydrolysis) is 1. The van der Waals surface area contributed by atoms with Crippen LogP contribution in [0.1, 0.15) is 45.6 Å². The van der Waals surface area contributed by atoms with Crippen LogP contribution in [0.15, 0.2) is 30.3 Å². The third-order valence-corrected chi connectivity index (χ3v) is 4.04. The summed E-state index contributed by atoms with van der Waals surface area (Å²) >= 11 is 0. The van der Waals surface area contributed by atoms with Crippen molar-refractivity contribution in [3.63, 3.8) is 0 Å². The van der Waals surface area contributed by atoms with Crippen molar-refractivity contribution in [3.8, 4) is 0 Å². The number of nitrogens with two attached hydrogens (primary N) is 1. The zero-order valence-corrected chi connectivity index (χ0v) is 17.7. The number of carbonyl (C=O) groups is 3. The Morgan fingerprint density at radius 1 is 1.10 bits per heavy atom. The molecule has 0 aliphatic carbocycles. The molecule has 0 unspecified atom stereocenters. The smallest absolute Gasteiger partial charge is 0.408 e. The van der Waals surface area contributed by atoms with E-state index in [9.17, 15) is 14.4 Å². The van der Waals surface area contributed by atoms with Crippen LogP contribution in [0.4, 0.5) is 4.79 Å². The van der Waals surface area contributed by atoms with Crippen LogP contribution in [0.5, 0.6) is 0 Å². The molecule has 0 radical (unpaired) electrons. The largest absolute Gasteiger partial charge is 0.468 e. The number of benzene rings is 1. The van der Waals surface area contributed by atoms with Gasteiger partial charge in [0, 0.05) is 13.0 Å². The van der Waals surface area contributed by atoms with Crippen molar-refractivity contribution in [2.75, 3.05) is 13.7 Å². The molecule has 1 aromatic carbocycles. The van der Waals surface area contributed by atoms with Crippen molar-refractivity contribution >= 4 is 18.0 Å². The Bertz CT molecular complexity index is 658. The summed E-state index contributed by atoms with van der Waals surface area (Å²) in [5.74, 6) is -0.740. The van der Waals surface area contributed by atoms with Crippen LogP contribution in [0.2, 0.25) is 0 Å². The number of rotatable bonds is 10. The number of hydrogen-bond donors (Lipinski definition) is 3. The molecule has 0 spiro atoms. The molecule has 1 rings (SSSR count). The number of esters is 1. The zero-order valence-electron chi connectivity index (χ0n) is 17.7. The highest BCUT2D eigenvalue weighted by Crippen LogP contribution is 2.09. The fraction of sp³-hybridized carbons (Fsp3) is 0.571. The first-order valence-electron chi connectivity index (χ1n) is 9.77. The summed E-state index contributed by atoms with van der Waals surface area (Å²) in [5.41, 5.74) is 5.95. The Morgan fingerprint density at radius 3 is 2.34 bits per heavy atom. The lowest BCUT2D eigenvalue weighted by Crippen LogP contribution is -2.49. The topological polar surface area (TPSA) is 120 Å². The molecule has 0 saturated carbocycles. The maximum atomic E-state index is 12.6. The van der Waals surface area contributed by atoms with Gasteiger partial charge in [0.1, 0.15) is 17.7 Å². The van der Waals surface area contributed by atoms with Gasteiger partial charge in [0.25, 0.3) is 0 Å². The molecule has 0 aliphatic rings. The molecule has 162 valence electrons. The van der Waals surface area contributed by atoms with Gasteiger partial charge >= 0.3 is 12.1 Å². The van der Waals surface area contributed by atoms with Crippen LogP contribution >= 0.6 is 0 Å². The molecular formula is C21H33N3O5. The van der Waals surface area contributed by atoms with E-state index >= 15 is 0 Å². The van der Waals surface area contributed by atoms with Crippen LogP contribution in [-0.2, 0) is 25.5 Å². The summed E-state index contributed by atoms with van der Waals surface area (Å²) in [6.07, 6.45) is 1.50. The Kier molecular flexibility index (Phi) is 10.2. The highest BCUT2D eigenvalue weighted by atomic mass is 16.6. The number of methoxy groups -OCH3 is 1. The van der Waals surface area contributed by atoms with Gasteiger partial charge in [-0.25, -0.2) is 4.79 Å². The van der Waals surface area contributed by atoms with E-state index < -0.39 is 29.7 Å². The van der Waals surface area contributed by atoms with Crippen molar-refractivity contribution in [1.29, 1.82) is 0 Å². The zero-order chi connectivity index (χ0) is 21.9. The second-order valence-electron chi connectivity index (χ2n) is 7.81. The van der Waals surface area contributed by atoms with E-state index in [0.717, 1.165) is 5.56 Å². The van der Waals surface area contributed by atoms with Crippen LogP contribution in [0.25, 0.3) is 0 Å². The molecule has 2 amide bonds. The summed E-state index contributed by atoms with van der Waals surface area (Å²) in [5, 5.41) is 5.47. The molecule has 8 heteroatoms. The molecule has 2 atom stereocenters.